The Bertz CT molecular complexity index is 687. The minimum atomic E-state index is 0.501. The third kappa shape index (κ3) is 4.44. The number of hydrogen-bond donors (Lipinski definition) is 1. The van der Waals surface area contributed by atoms with E-state index in [1.807, 2.05) is 0 Å². The fourth-order valence-corrected chi connectivity index (χ4v) is 9.03. The van der Waals surface area contributed by atoms with Crippen molar-refractivity contribution in [1.82, 2.24) is 10.2 Å². The Kier molecular flexibility index (Phi) is 7.56. The molecule has 0 aromatic rings. The number of rotatable bonds is 8. The normalized spacial score (nSPS) is 41.3. The van der Waals surface area contributed by atoms with E-state index in [1.54, 1.807) is 5.57 Å². The zero-order valence-electron chi connectivity index (χ0n) is 20.7. The predicted octanol–water partition coefficient (Wildman–Crippen LogP) is 7.45. The van der Waals surface area contributed by atoms with Crippen LogP contribution in [0.3, 0.4) is 0 Å². The van der Waals surface area contributed by atoms with Gasteiger partial charge in [0.1, 0.15) is 0 Å². The second kappa shape index (κ2) is 10.2. The van der Waals surface area contributed by atoms with Crippen LogP contribution in [-0.2, 0) is 0 Å². The molecule has 1 saturated heterocycles. The van der Waals surface area contributed by atoms with Crippen molar-refractivity contribution in [2.24, 2.45) is 29.1 Å². The molecule has 32 heavy (non-hydrogen) atoms. The van der Waals surface area contributed by atoms with Crippen LogP contribution in [0.2, 0.25) is 0 Å². The van der Waals surface area contributed by atoms with E-state index in [-0.39, 0.29) is 0 Å². The van der Waals surface area contributed by atoms with Gasteiger partial charge in [0.2, 0.25) is 0 Å². The highest BCUT2D eigenvalue weighted by molar-refractivity contribution is 9.09. The zero-order valence-corrected chi connectivity index (χ0v) is 22.3. The van der Waals surface area contributed by atoms with Crippen LogP contribution in [-0.4, -0.2) is 35.0 Å². The second-order valence-electron chi connectivity index (χ2n) is 12.0. The van der Waals surface area contributed by atoms with Crippen molar-refractivity contribution in [2.45, 2.75) is 116 Å². The molecule has 0 amide bonds. The molecule has 4 aliphatic carbocycles. The Balaban J connectivity index is 1.21. The molecular weight excluding hydrogens is 456 g/mol. The number of halogens is 1. The Labute approximate surface area is 206 Å². The van der Waals surface area contributed by atoms with Gasteiger partial charge in [-0.15, -0.1) is 0 Å². The molecule has 0 spiro atoms. The number of alkyl halides is 1. The SMILES string of the molecule is CCCC[C@@H]1CN(C2CCCCC2)C(C2CCC([C@@H](C)C34CC3C=CC=C4CBr)CC2)N1. The third-order valence-electron chi connectivity index (χ3n) is 10.4. The smallest absolute Gasteiger partial charge is 0.0631 e. The van der Waals surface area contributed by atoms with Crippen LogP contribution >= 0.6 is 15.9 Å². The summed E-state index contributed by atoms with van der Waals surface area (Å²) in [6, 6.07) is 1.60. The maximum atomic E-state index is 4.18. The van der Waals surface area contributed by atoms with Crippen LogP contribution in [0.5, 0.6) is 0 Å². The van der Waals surface area contributed by atoms with E-state index in [2.05, 4.69) is 58.2 Å². The highest BCUT2D eigenvalue weighted by Gasteiger charge is 2.60. The number of nitrogens with one attached hydrogen (secondary N) is 1. The first-order chi connectivity index (χ1) is 15.7. The Morgan fingerprint density at radius 3 is 2.62 bits per heavy atom. The van der Waals surface area contributed by atoms with Gasteiger partial charge in [0.15, 0.2) is 0 Å². The van der Waals surface area contributed by atoms with Crippen LogP contribution in [0.4, 0.5) is 0 Å². The lowest BCUT2D eigenvalue weighted by Crippen LogP contribution is -2.49. The first kappa shape index (κ1) is 23.6. The van der Waals surface area contributed by atoms with Gasteiger partial charge in [-0.25, -0.2) is 0 Å². The maximum absolute atomic E-state index is 4.18. The number of fused-ring (bicyclic) bond motifs is 1. The Morgan fingerprint density at radius 1 is 1.12 bits per heavy atom. The molecule has 180 valence electrons. The summed E-state index contributed by atoms with van der Waals surface area (Å²) in [4.78, 5) is 2.97. The molecule has 2 nitrogen and oxygen atoms in total. The molecule has 3 saturated carbocycles. The second-order valence-corrected chi connectivity index (χ2v) is 12.5. The van der Waals surface area contributed by atoms with Crippen molar-refractivity contribution in [1.29, 1.82) is 0 Å². The van der Waals surface area contributed by atoms with Gasteiger partial charge in [0.25, 0.3) is 0 Å². The van der Waals surface area contributed by atoms with Crippen LogP contribution in [0, 0.1) is 29.1 Å². The lowest BCUT2D eigenvalue weighted by Gasteiger charge is -2.43. The summed E-state index contributed by atoms with van der Waals surface area (Å²) in [5.41, 5.74) is 2.18. The van der Waals surface area contributed by atoms with E-state index in [4.69, 9.17) is 0 Å². The Hall–Kier alpha value is -0.120. The lowest BCUT2D eigenvalue weighted by atomic mass is 9.67. The zero-order chi connectivity index (χ0) is 22.1. The van der Waals surface area contributed by atoms with Crippen molar-refractivity contribution >= 4 is 15.9 Å². The standard InChI is InChI=1S/C29H47BrN2/c1-3-4-11-26-20-32(27-12-6-5-7-13-27)28(31-26)23-16-14-22(15-17-23)21(2)29-18-24(29)9-8-10-25(29)19-30/h8-10,21-24,26-28,31H,3-7,11-20H2,1-2H3/t21-,22?,23?,24?,26-,28?,29?/m1/s1. The van der Waals surface area contributed by atoms with Gasteiger partial charge < -0.3 is 0 Å². The minimum Gasteiger partial charge on any atom is -0.297 e. The molecule has 1 aliphatic heterocycles. The third-order valence-corrected chi connectivity index (χ3v) is 11.0. The summed E-state index contributed by atoms with van der Waals surface area (Å²) < 4.78 is 0. The fourth-order valence-electron chi connectivity index (χ4n) is 8.32. The minimum absolute atomic E-state index is 0.501. The van der Waals surface area contributed by atoms with E-state index in [0.717, 1.165) is 41.1 Å². The lowest BCUT2D eigenvalue weighted by molar-refractivity contribution is 0.0625. The van der Waals surface area contributed by atoms with E-state index < -0.39 is 0 Å². The molecule has 0 radical (unpaired) electrons. The maximum Gasteiger partial charge on any atom is 0.0631 e. The quantitative estimate of drug-likeness (QED) is 0.346. The predicted molar refractivity (Wildman–Crippen MR) is 140 cm³/mol. The van der Waals surface area contributed by atoms with Crippen molar-refractivity contribution in [2.75, 3.05) is 11.9 Å². The van der Waals surface area contributed by atoms with Crippen molar-refractivity contribution in [3.63, 3.8) is 0 Å². The summed E-state index contributed by atoms with van der Waals surface area (Å²) in [5.74, 6) is 3.46. The molecule has 4 fully saturated rings. The average molecular weight is 504 g/mol. The largest absolute Gasteiger partial charge is 0.297 e. The molecule has 5 rings (SSSR count). The van der Waals surface area contributed by atoms with Gasteiger partial charge in [0, 0.05) is 29.4 Å². The van der Waals surface area contributed by atoms with E-state index in [1.165, 1.54) is 90.0 Å². The molecule has 0 bridgehead atoms. The monoisotopic (exact) mass is 502 g/mol. The summed E-state index contributed by atoms with van der Waals surface area (Å²) in [6.45, 7) is 6.27. The van der Waals surface area contributed by atoms with E-state index >= 15 is 0 Å². The molecule has 3 heteroatoms. The first-order valence-corrected chi connectivity index (χ1v) is 15.2. The summed E-state index contributed by atoms with van der Waals surface area (Å²) >= 11 is 3.81. The number of nitrogens with zero attached hydrogens (tertiary/aromatic N) is 1. The molecule has 0 aromatic carbocycles. The van der Waals surface area contributed by atoms with Crippen molar-refractivity contribution in [3.8, 4) is 0 Å². The topological polar surface area (TPSA) is 15.3 Å². The highest BCUT2D eigenvalue weighted by atomic mass is 79.9. The average Bonchev–Trinajstić information content (AvgIpc) is 3.46. The van der Waals surface area contributed by atoms with Gasteiger partial charge in [-0.2, -0.15) is 0 Å². The molecular formula is C29H47BrN2. The molecule has 1 heterocycles. The van der Waals surface area contributed by atoms with Gasteiger partial charge >= 0.3 is 0 Å². The molecule has 3 unspecified atom stereocenters. The van der Waals surface area contributed by atoms with E-state index in [0.29, 0.717) is 11.6 Å². The van der Waals surface area contributed by atoms with Gasteiger partial charge in [-0.05, 0) is 75.0 Å². The molecule has 1 N–H and O–H groups in total. The Morgan fingerprint density at radius 2 is 1.91 bits per heavy atom. The van der Waals surface area contributed by atoms with Crippen LogP contribution in [0.1, 0.15) is 97.3 Å². The first-order valence-electron chi connectivity index (χ1n) is 14.1. The number of allylic oxidation sites excluding steroid dienone is 4. The summed E-state index contributed by atoms with van der Waals surface area (Å²) in [5, 5.41) is 5.25. The van der Waals surface area contributed by atoms with Crippen molar-refractivity contribution < 1.29 is 0 Å². The van der Waals surface area contributed by atoms with Crippen molar-refractivity contribution in [3.05, 3.63) is 23.8 Å². The molecule has 5 atom stereocenters. The van der Waals surface area contributed by atoms with Gasteiger partial charge in [-0.3, -0.25) is 10.2 Å². The number of hydrogen-bond acceptors (Lipinski definition) is 2. The fraction of sp³-hybridized carbons (Fsp3) is 0.862. The molecule has 5 aliphatic rings. The van der Waals surface area contributed by atoms with Crippen LogP contribution in [0.25, 0.3) is 0 Å². The summed E-state index contributed by atoms with van der Waals surface area (Å²) in [7, 11) is 0. The van der Waals surface area contributed by atoms with Crippen LogP contribution in [0.15, 0.2) is 23.8 Å². The summed E-state index contributed by atoms with van der Waals surface area (Å²) in [6.07, 6.45) is 26.5. The van der Waals surface area contributed by atoms with Gasteiger partial charge in [-0.1, -0.05) is 85.7 Å². The van der Waals surface area contributed by atoms with Gasteiger partial charge in [0.05, 0.1) is 6.17 Å². The highest BCUT2D eigenvalue weighted by Crippen LogP contribution is 2.67. The van der Waals surface area contributed by atoms with E-state index in [9.17, 15) is 0 Å². The van der Waals surface area contributed by atoms with Crippen LogP contribution < -0.4 is 5.32 Å². The number of unbranched alkanes of at least 4 members (excludes halogenated alkanes) is 1. The molecule has 0 aromatic heterocycles.